The summed E-state index contributed by atoms with van der Waals surface area (Å²) < 4.78 is 0. The molecule has 2 nitrogen and oxygen atoms in total. The van der Waals surface area contributed by atoms with E-state index in [2.05, 4.69) is 12.2 Å². The van der Waals surface area contributed by atoms with Crippen molar-refractivity contribution in [3.05, 3.63) is 33.8 Å². The van der Waals surface area contributed by atoms with Gasteiger partial charge < -0.3 is 10.4 Å². The summed E-state index contributed by atoms with van der Waals surface area (Å²) in [5, 5.41) is 14.2. The molecule has 0 aromatic heterocycles. The lowest BCUT2D eigenvalue weighted by Crippen LogP contribution is -2.45. The Morgan fingerprint density at radius 3 is 2.65 bits per heavy atom. The minimum Gasteiger partial charge on any atom is -0.393 e. The Kier molecular flexibility index (Phi) is 4.31. The van der Waals surface area contributed by atoms with E-state index in [4.69, 9.17) is 23.2 Å². The topological polar surface area (TPSA) is 32.3 Å². The van der Waals surface area contributed by atoms with Crippen LogP contribution >= 0.6 is 23.2 Å². The molecule has 1 unspecified atom stereocenters. The second-order valence-corrected chi connectivity index (χ2v) is 5.46. The summed E-state index contributed by atoms with van der Waals surface area (Å²) in [5.74, 6) is 0. The SMILES string of the molecule is CCC(NC1CC(O)C1)c1ccc(Cl)cc1Cl. The Morgan fingerprint density at radius 2 is 2.12 bits per heavy atom. The van der Waals surface area contributed by atoms with Gasteiger partial charge in [0.25, 0.3) is 0 Å². The van der Waals surface area contributed by atoms with Crippen molar-refractivity contribution in [1.82, 2.24) is 5.32 Å². The van der Waals surface area contributed by atoms with Crippen molar-refractivity contribution in [1.29, 1.82) is 0 Å². The van der Waals surface area contributed by atoms with Gasteiger partial charge in [0.1, 0.15) is 0 Å². The van der Waals surface area contributed by atoms with E-state index in [1.165, 1.54) is 0 Å². The Morgan fingerprint density at radius 1 is 1.41 bits per heavy atom. The molecule has 1 atom stereocenters. The lowest BCUT2D eigenvalue weighted by Gasteiger charge is -2.35. The van der Waals surface area contributed by atoms with Crippen molar-refractivity contribution in [2.24, 2.45) is 0 Å². The fraction of sp³-hybridized carbons (Fsp3) is 0.538. The zero-order valence-corrected chi connectivity index (χ0v) is 11.3. The maximum Gasteiger partial charge on any atom is 0.0570 e. The predicted octanol–water partition coefficient (Wildman–Crippen LogP) is 3.56. The Labute approximate surface area is 112 Å². The van der Waals surface area contributed by atoms with Crippen LogP contribution in [0, 0.1) is 0 Å². The predicted molar refractivity (Wildman–Crippen MR) is 71.7 cm³/mol. The normalized spacial score (nSPS) is 25.4. The molecule has 1 aliphatic rings. The third-order valence-corrected chi connectivity index (χ3v) is 3.86. The quantitative estimate of drug-likeness (QED) is 0.879. The van der Waals surface area contributed by atoms with Gasteiger partial charge >= 0.3 is 0 Å². The van der Waals surface area contributed by atoms with E-state index in [0.29, 0.717) is 16.1 Å². The minimum absolute atomic E-state index is 0.134. The molecule has 94 valence electrons. The van der Waals surface area contributed by atoms with Gasteiger partial charge in [-0.05, 0) is 37.0 Å². The number of halogens is 2. The Balaban J connectivity index is 2.06. The second kappa shape index (κ2) is 5.57. The minimum atomic E-state index is -0.134. The van der Waals surface area contributed by atoms with E-state index in [0.717, 1.165) is 24.8 Å². The van der Waals surface area contributed by atoms with E-state index < -0.39 is 0 Å². The number of aliphatic hydroxyl groups excluding tert-OH is 1. The number of hydrogen-bond donors (Lipinski definition) is 2. The first-order valence-electron chi connectivity index (χ1n) is 5.99. The van der Waals surface area contributed by atoms with Gasteiger partial charge in [0.15, 0.2) is 0 Å². The summed E-state index contributed by atoms with van der Waals surface area (Å²) in [6.45, 7) is 2.12. The summed E-state index contributed by atoms with van der Waals surface area (Å²) in [4.78, 5) is 0. The third kappa shape index (κ3) is 3.14. The molecule has 2 N–H and O–H groups in total. The molecular formula is C13H17Cl2NO. The van der Waals surface area contributed by atoms with Crippen LogP contribution in [0.2, 0.25) is 10.0 Å². The molecule has 1 aliphatic carbocycles. The van der Waals surface area contributed by atoms with Crippen LogP contribution in [0.3, 0.4) is 0 Å². The van der Waals surface area contributed by atoms with Gasteiger partial charge in [-0.3, -0.25) is 0 Å². The highest BCUT2D eigenvalue weighted by atomic mass is 35.5. The highest BCUT2D eigenvalue weighted by Gasteiger charge is 2.29. The molecule has 0 bridgehead atoms. The van der Waals surface area contributed by atoms with Gasteiger partial charge in [-0.2, -0.15) is 0 Å². The van der Waals surface area contributed by atoms with Gasteiger partial charge in [-0.25, -0.2) is 0 Å². The van der Waals surface area contributed by atoms with Gasteiger partial charge in [0.05, 0.1) is 6.10 Å². The van der Waals surface area contributed by atoms with Gasteiger partial charge in [-0.1, -0.05) is 36.2 Å². The van der Waals surface area contributed by atoms with Gasteiger partial charge in [0.2, 0.25) is 0 Å². The van der Waals surface area contributed by atoms with Crippen LogP contribution < -0.4 is 5.32 Å². The smallest absolute Gasteiger partial charge is 0.0570 e. The summed E-state index contributed by atoms with van der Waals surface area (Å²) in [5.41, 5.74) is 1.08. The van der Waals surface area contributed by atoms with Crippen molar-refractivity contribution in [3.63, 3.8) is 0 Å². The molecule has 0 radical (unpaired) electrons. The zero-order valence-electron chi connectivity index (χ0n) is 9.79. The summed E-state index contributed by atoms with van der Waals surface area (Å²) in [7, 11) is 0. The molecule has 0 amide bonds. The molecule has 0 saturated heterocycles. The van der Waals surface area contributed by atoms with Crippen LogP contribution in [0.5, 0.6) is 0 Å². The molecule has 4 heteroatoms. The molecule has 2 rings (SSSR count). The third-order valence-electron chi connectivity index (χ3n) is 3.30. The summed E-state index contributed by atoms with van der Waals surface area (Å²) >= 11 is 12.1. The first-order chi connectivity index (χ1) is 8.10. The maximum absolute atomic E-state index is 9.28. The van der Waals surface area contributed by atoms with Crippen LogP contribution in [0.15, 0.2) is 18.2 Å². The van der Waals surface area contributed by atoms with E-state index in [1.807, 2.05) is 12.1 Å². The monoisotopic (exact) mass is 273 g/mol. The van der Waals surface area contributed by atoms with E-state index >= 15 is 0 Å². The highest BCUT2D eigenvalue weighted by Crippen LogP contribution is 2.30. The van der Waals surface area contributed by atoms with Gasteiger partial charge in [0, 0.05) is 22.1 Å². The average molecular weight is 274 g/mol. The average Bonchev–Trinajstić information content (AvgIpc) is 2.24. The second-order valence-electron chi connectivity index (χ2n) is 4.62. The number of rotatable bonds is 4. The van der Waals surface area contributed by atoms with Crippen molar-refractivity contribution < 1.29 is 5.11 Å². The zero-order chi connectivity index (χ0) is 12.4. The van der Waals surface area contributed by atoms with E-state index in [9.17, 15) is 5.11 Å². The summed E-state index contributed by atoms with van der Waals surface area (Å²) in [6, 6.07) is 6.25. The number of hydrogen-bond acceptors (Lipinski definition) is 2. The highest BCUT2D eigenvalue weighted by molar-refractivity contribution is 6.35. The Bertz CT molecular complexity index is 391. The Hall–Kier alpha value is -0.280. The standard InChI is InChI=1S/C13H17Cl2NO/c1-2-13(16-9-6-10(17)7-9)11-4-3-8(14)5-12(11)15/h3-5,9-10,13,16-17H,2,6-7H2,1H3. The maximum atomic E-state index is 9.28. The van der Waals surface area contributed by atoms with E-state index in [1.54, 1.807) is 6.07 Å². The molecule has 1 fully saturated rings. The van der Waals surface area contributed by atoms with Crippen molar-refractivity contribution in [2.75, 3.05) is 0 Å². The molecule has 17 heavy (non-hydrogen) atoms. The van der Waals surface area contributed by atoms with Crippen LogP contribution in [-0.4, -0.2) is 17.3 Å². The lowest BCUT2D eigenvalue weighted by atomic mass is 9.88. The van der Waals surface area contributed by atoms with Crippen molar-refractivity contribution >= 4 is 23.2 Å². The largest absolute Gasteiger partial charge is 0.393 e. The van der Waals surface area contributed by atoms with Crippen molar-refractivity contribution in [2.45, 2.75) is 44.4 Å². The molecule has 1 aromatic carbocycles. The van der Waals surface area contributed by atoms with Crippen LogP contribution in [0.4, 0.5) is 0 Å². The van der Waals surface area contributed by atoms with Crippen molar-refractivity contribution in [3.8, 4) is 0 Å². The number of nitrogens with one attached hydrogen (secondary N) is 1. The molecule has 1 saturated carbocycles. The molecule has 0 aliphatic heterocycles. The fourth-order valence-corrected chi connectivity index (χ4v) is 2.76. The van der Waals surface area contributed by atoms with Gasteiger partial charge in [-0.15, -0.1) is 0 Å². The lowest BCUT2D eigenvalue weighted by molar-refractivity contribution is 0.0574. The van der Waals surface area contributed by atoms with E-state index in [-0.39, 0.29) is 12.1 Å². The first kappa shape index (κ1) is 13.2. The van der Waals surface area contributed by atoms with Crippen LogP contribution in [0.1, 0.15) is 37.8 Å². The number of benzene rings is 1. The first-order valence-corrected chi connectivity index (χ1v) is 6.74. The molecule has 0 heterocycles. The number of aliphatic hydroxyl groups is 1. The van der Waals surface area contributed by atoms with Crippen LogP contribution in [0.25, 0.3) is 0 Å². The fourth-order valence-electron chi connectivity index (χ4n) is 2.22. The van der Waals surface area contributed by atoms with Crippen LogP contribution in [-0.2, 0) is 0 Å². The molecule has 0 spiro atoms. The molecule has 1 aromatic rings. The summed E-state index contributed by atoms with van der Waals surface area (Å²) in [6.07, 6.45) is 2.50. The molecular weight excluding hydrogens is 257 g/mol.